The number of pyridine rings is 1. The van der Waals surface area contributed by atoms with Gasteiger partial charge in [0.15, 0.2) is 0 Å². The van der Waals surface area contributed by atoms with Gasteiger partial charge in [-0.3, -0.25) is 10.1 Å². The first kappa shape index (κ1) is 17.2. The quantitative estimate of drug-likeness (QED) is 0.879. The van der Waals surface area contributed by atoms with Crippen LogP contribution < -0.4 is 10.2 Å². The minimum absolute atomic E-state index is 0.207. The van der Waals surface area contributed by atoms with Crippen LogP contribution in [0, 0.1) is 0 Å². The first-order valence-corrected chi connectivity index (χ1v) is 10.1. The van der Waals surface area contributed by atoms with Crippen LogP contribution in [-0.2, 0) is 0 Å². The Balaban J connectivity index is 1.65. The van der Waals surface area contributed by atoms with Crippen molar-refractivity contribution in [2.75, 3.05) is 29.1 Å². The molecule has 3 rings (SSSR count). The minimum atomic E-state index is -0.207. The van der Waals surface area contributed by atoms with E-state index < -0.39 is 0 Å². The monoisotopic (exact) mass is 363 g/mol. The van der Waals surface area contributed by atoms with Gasteiger partial charge in [0.2, 0.25) is 5.13 Å². The third-order valence-electron chi connectivity index (χ3n) is 3.95. The van der Waals surface area contributed by atoms with E-state index in [9.17, 15) is 4.79 Å². The lowest BCUT2D eigenvalue weighted by Crippen LogP contribution is -2.30. The van der Waals surface area contributed by atoms with Crippen molar-refractivity contribution in [3.63, 3.8) is 0 Å². The number of nitrogens with zero attached hydrogens (tertiary/aromatic N) is 4. The number of nitrogens with one attached hydrogen (secondary N) is 1. The number of hydrogen-bond acceptors (Lipinski definition) is 7. The third kappa shape index (κ3) is 4.45. The summed E-state index contributed by atoms with van der Waals surface area (Å²) in [5.74, 6) is 1.89. The summed E-state index contributed by atoms with van der Waals surface area (Å²) in [6, 6.07) is 3.76. The van der Waals surface area contributed by atoms with E-state index >= 15 is 0 Å². The topological polar surface area (TPSA) is 71.0 Å². The van der Waals surface area contributed by atoms with Gasteiger partial charge in [-0.05, 0) is 30.7 Å². The summed E-state index contributed by atoms with van der Waals surface area (Å²) in [6.45, 7) is 4.27. The molecule has 1 N–H and O–H groups in total. The Kier molecular flexibility index (Phi) is 6.03. The molecule has 1 atom stereocenters. The van der Waals surface area contributed by atoms with E-state index in [2.05, 4.69) is 32.3 Å². The van der Waals surface area contributed by atoms with Crippen molar-refractivity contribution in [3.05, 3.63) is 29.4 Å². The predicted molar refractivity (Wildman–Crippen MR) is 100 cm³/mol. The highest BCUT2D eigenvalue weighted by molar-refractivity contribution is 7.99. The zero-order valence-electron chi connectivity index (χ0n) is 13.6. The average molecular weight is 364 g/mol. The molecule has 24 heavy (non-hydrogen) atoms. The SMILES string of the molecule is CCSC1CCCCN(c2ccc(C(=O)Nc3nncs3)cn2)C1. The highest BCUT2D eigenvalue weighted by Crippen LogP contribution is 2.25. The second kappa shape index (κ2) is 8.43. The number of hydrogen-bond donors (Lipinski definition) is 1. The van der Waals surface area contributed by atoms with Crippen LogP contribution in [0.3, 0.4) is 0 Å². The molecule has 2 aromatic rings. The van der Waals surface area contributed by atoms with Gasteiger partial charge in [0, 0.05) is 24.5 Å². The Bertz CT molecular complexity index is 647. The van der Waals surface area contributed by atoms with Gasteiger partial charge in [0.1, 0.15) is 11.3 Å². The van der Waals surface area contributed by atoms with E-state index in [4.69, 9.17) is 0 Å². The van der Waals surface area contributed by atoms with E-state index in [1.54, 1.807) is 11.7 Å². The van der Waals surface area contributed by atoms with Crippen LogP contribution in [-0.4, -0.2) is 45.2 Å². The van der Waals surface area contributed by atoms with E-state index in [1.165, 1.54) is 30.6 Å². The Morgan fingerprint density at radius 1 is 1.46 bits per heavy atom. The maximum absolute atomic E-state index is 12.2. The highest BCUT2D eigenvalue weighted by Gasteiger charge is 2.19. The molecule has 0 spiro atoms. The van der Waals surface area contributed by atoms with Crippen molar-refractivity contribution in [1.82, 2.24) is 15.2 Å². The Hall–Kier alpha value is -1.67. The van der Waals surface area contributed by atoms with Gasteiger partial charge in [-0.25, -0.2) is 4.98 Å². The molecule has 1 aliphatic rings. The van der Waals surface area contributed by atoms with Gasteiger partial charge in [0.25, 0.3) is 5.91 Å². The molecule has 0 aliphatic carbocycles. The lowest BCUT2D eigenvalue weighted by molar-refractivity contribution is 0.102. The third-order valence-corrected chi connectivity index (χ3v) is 5.74. The number of amides is 1. The number of aromatic nitrogens is 3. The number of anilines is 2. The zero-order chi connectivity index (χ0) is 16.8. The molecule has 2 aromatic heterocycles. The maximum atomic E-state index is 12.2. The summed E-state index contributed by atoms with van der Waals surface area (Å²) >= 11 is 3.32. The van der Waals surface area contributed by atoms with Crippen LogP contribution >= 0.6 is 23.1 Å². The molecular formula is C16H21N5OS2. The van der Waals surface area contributed by atoms with Crippen LogP contribution in [0.1, 0.15) is 36.5 Å². The zero-order valence-corrected chi connectivity index (χ0v) is 15.3. The molecule has 3 heterocycles. The standard InChI is InChI=1S/C16H21N5OS2/c1-2-23-13-5-3-4-8-21(10-13)14-7-6-12(9-17-14)15(22)19-16-20-18-11-24-16/h6-7,9,11,13H,2-5,8,10H2,1H3,(H,19,20,22). The van der Waals surface area contributed by atoms with Gasteiger partial charge in [-0.2, -0.15) is 11.8 Å². The number of carbonyl (C=O) groups is 1. The molecule has 1 aliphatic heterocycles. The molecule has 0 aromatic carbocycles. The van der Waals surface area contributed by atoms with Gasteiger partial charge in [0.05, 0.1) is 5.56 Å². The fourth-order valence-corrected chi connectivity index (χ4v) is 4.32. The van der Waals surface area contributed by atoms with E-state index in [0.717, 1.165) is 24.7 Å². The van der Waals surface area contributed by atoms with Gasteiger partial charge >= 0.3 is 0 Å². The van der Waals surface area contributed by atoms with Crippen LogP contribution in [0.25, 0.3) is 0 Å². The second-order valence-electron chi connectivity index (χ2n) is 5.62. The minimum Gasteiger partial charge on any atom is -0.356 e. The Labute approximate surface area is 150 Å². The van der Waals surface area contributed by atoms with Crippen molar-refractivity contribution in [1.29, 1.82) is 0 Å². The Morgan fingerprint density at radius 2 is 2.38 bits per heavy atom. The van der Waals surface area contributed by atoms with Crippen LogP contribution in [0.4, 0.5) is 10.9 Å². The van der Waals surface area contributed by atoms with Gasteiger partial charge in [-0.1, -0.05) is 24.7 Å². The molecule has 0 bridgehead atoms. The largest absolute Gasteiger partial charge is 0.356 e. The fraction of sp³-hybridized carbons (Fsp3) is 0.500. The second-order valence-corrected chi connectivity index (χ2v) is 8.03. The maximum Gasteiger partial charge on any atom is 0.259 e. The van der Waals surface area contributed by atoms with Crippen LogP contribution in [0.2, 0.25) is 0 Å². The summed E-state index contributed by atoms with van der Waals surface area (Å²) in [5, 5.41) is 11.4. The van der Waals surface area contributed by atoms with Crippen molar-refractivity contribution in [2.24, 2.45) is 0 Å². The van der Waals surface area contributed by atoms with Crippen molar-refractivity contribution < 1.29 is 4.79 Å². The molecule has 8 heteroatoms. The summed E-state index contributed by atoms with van der Waals surface area (Å²) in [5.41, 5.74) is 2.12. The number of rotatable bonds is 5. The van der Waals surface area contributed by atoms with Gasteiger partial charge < -0.3 is 4.90 Å². The fourth-order valence-electron chi connectivity index (χ4n) is 2.79. The lowest BCUT2D eigenvalue weighted by atomic mass is 10.2. The number of carbonyl (C=O) groups excluding carboxylic acids is 1. The first-order chi connectivity index (χ1) is 11.8. The summed E-state index contributed by atoms with van der Waals surface area (Å²) in [6.07, 6.45) is 5.38. The smallest absolute Gasteiger partial charge is 0.259 e. The van der Waals surface area contributed by atoms with E-state index in [-0.39, 0.29) is 5.91 Å². The lowest BCUT2D eigenvalue weighted by Gasteiger charge is -2.25. The summed E-state index contributed by atoms with van der Waals surface area (Å²) in [4.78, 5) is 19.0. The molecule has 0 radical (unpaired) electrons. The van der Waals surface area contributed by atoms with E-state index in [1.807, 2.05) is 23.9 Å². The number of thioether (sulfide) groups is 1. The molecule has 128 valence electrons. The van der Waals surface area contributed by atoms with Crippen molar-refractivity contribution >= 4 is 40.0 Å². The molecule has 1 amide bonds. The average Bonchev–Trinajstić information content (AvgIpc) is 2.99. The predicted octanol–water partition coefficient (Wildman–Crippen LogP) is 3.30. The van der Waals surface area contributed by atoms with Crippen molar-refractivity contribution in [3.8, 4) is 0 Å². The molecule has 1 unspecified atom stereocenters. The summed E-state index contributed by atoms with van der Waals surface area (Å²) in [7, 11) is 0. The van der Waals surface area contributed by atoms with Gasteiger partial charge in [-0.15, -0.1) is 10.2 Å². The molecule has 1 saturated heterocycles. The highest BCUT2D eigenvalue weighted by atomic mass is 32.2. The van der Waals surface area contributed by atoms with Crippen LogP contribution in [0.15, 0.2) is 23.8 Å². The van der Waals surface area contributed by atoms with Crippen LogP contribution in [0.5, 0.6) is 0 Å². The Morgan fingerprint density at radius 3 is 3.08 bits per heavy atom. The molecule has 6 nitrogen and oxygen atoms in total. The molecule has 0 saturated carbocycles. The molecular weight excluding hydrogens is 342 g/mol. The van der Waals surface area contributed by atoms with E-state index in [0.29, 0.717) is 15.9 Å². The normalized spacial score (nSPS) is 18.2. The molecule has 1 fully saturated rings. The van der Waals surface area contributed by atoms with Crippen molar-refractivity contribution in [2.45, 2.75) is 31.4 Å². The first-order valence-electron chi connectivity index (χ1n) is 8.16. The summed E-state index contributed by atoms with van der Waals surface area (Å²) < 4.78 is 0.